The number of carbonyl (C=O) groups excluding carboxylic acids is 2. The molecule has 0 aromatic heterocycles. The van der Waals surface area contributed by atoms with Gasteiger partial charge in [0.25, 0.3) is 0 Å². The molecular weight excluding hydrogens is 312 g/mol. The minimum Gasteiger partial charge on any atom is -0.301 e. The first-order chi connectivity index (χ1) is 11.9. The molecule has 2 saturated heterocycles. The van der Waals surface area contributed by atoms with Crippen LogP contribution in [0.4, 0.5) is 0 Å². The SMILES string of the molecule is Cc1cc(C2CCC(=O)NC2=O)cc(C)c1C1CCN(C(C)C)CC1. The van der Waals surface area contributed by atoms with E-state index >= 15 is 0 Å². The third-order valence-corrected chi connectivity index (χ3v) is 5.93. The predicted octanol–water partition coefficient (Wildman–Crippen LogP) is 3.41. The normalized spacial score (nSPS) is 23.2. The summed E-state index contributed by atoms with van der Waals surface area (Å²) >= 11 is 0. The summed E-state index contributed by atoms with van der Waals surface area (Å²) in [6.07, 6.45) is 3.47. The summed E-state index contributed by atoms with van der Waals surface area (Å²) in [5, 5.41) is 2.48. The summed E-state index contributed by atoms with van der Waals surface area (Å²) in [5.41, 5.74) is 5.12. The van der Waals surface area contributed by atoms with Crippen molar-refractivity contribution in [2.45, 2.75) is 71.3 Å². The Bertz CT molecular complexity index is 649. The molecule has 1 unspecified atom stereocenters. The fraction of sp³-hybridized carbons (Fsp3) is 0.619. The van der Waals surface area contributed by atoms with Crippen molar-refractivity contribution in [1.29, 1.82) is 0 Å². The highest BCUT2D eigenvalue weighted by molar-refractivity contribution is 6.00. The lowest BCUT2D eigenvalue weighted by atomic mass is 9.80. The summed E-state index contributed by atoms with van der Waals surface area (Å²) in [6.45, 7) is 11.2. The summed E-state index contributed by atoms with van der Waals surface area (Å²) < 4.78 is 0. The molecule has 2 aliphatic heterocycles. The summed E-state index contributed by atoms with van der Waals surface area (Å²) in [6, 6.07) is 4.98. The van der Waals surface area contributed by atoms with Crippen LogP contribution in [0, 0.1) is 13.8 Å². The van der Waals surface area contributed by atoms with Gasteiger partial charge in [0.05, 0.1) is 5.92 Å². The zero-order valence-corrected chi connectivity index (χ0v) is 15.9. The van der Waals surface area contributed by atoms with Crippen molar-refractivity contribution in [3.8, 4) is 0 Å². The number of hydrogen-bond acceptors (Lipinski definition) is 3. The predicted molar refractivity (Wildman–Crippen MR) is 99.7 cm³/mol. The quantitative estimate of drug-likeness (QED) is 0.857. The van der Waals surface area contributed by atoms with Gasteiger partial charge < -0.3 is 4.90 Å². The molecule has 3 rings (SSSR count). The third kappa shape index (κ3) is 3.79. The number of benzene rings is 1. The largest absolute Gasteiger partial charge is 0.301 e. The molecule has 2 heterocycles. The minimum absolute atomic E-state index is 0.145. The maximum Gasteiger partial charge on any atom is 0.234 e. The Balaban J connectivity index is 1.79. The van der Waals surface area contributed by atoms with Crippen molar-refractivity contribution in [3.63, 3.8) is 0 Å². The molecule has 136 valence electrons. The maximum absolute atomic E-state index is 12.2. The molecule has 0 aliphatic carbocycles. The van der Waals surface area contributed by atoms with Crippen molar-refractivity contribution in [2.24, 2.45) is 0 Å². The van der Waals surface area contributed by atoms with Gasteiger partial charge in [-0.25, -0.2) is 0 Å². The molecule has 1 N–H and O–H groups in total. The Morgan fingerprint density at radius 1 is 1.04 bits per heavy atom. The van der Waals surface area contributed by atoms with Crippen LogP contribution in [-0.4, -0.2) is 35.8 Å². The molecule has 2 aliphatic rings. The second-order valence-corrected chi connectivity index (χ2v) is 7.98. The third-order valence-electron chi connectivity index (χ3n) is 5.93. The van der Waals surface area contributed by atoms with E-state index in [9.17, 15) is 9.59 Å². The Kier molecular flexibility index (Phi) is 5.28. The van der Waals surface area contributed by atoms with E-state index in [1.807, 2.05) is 0 Å². The van der Waals surface area contributed by atoms with Crippen LogP contribution in [0.5, 0.6) is 0 Å². The van der Waals surface area contributed by atoms with E-state index in [1.165, 1.54) is 29.5 Å². The summed E-state index contributed by atoms with van der Waals surface area (Å²) in [4.78, 5) is 26.1. The van der Waals surface area contributed by atoms with Crippen LogP contribution >= 0.6 is 0 Å². The van der Waals surface area contributed by atoms with Crippen LogP contribution in [0.15, 0.2) is 12.1 Å². The van der Waals surface area contributed by atoms with Crippen LogP contribution in [0.25, 0.3) is 0 Å². The Labute approximate surface area is 151 Å². The number of nitrogens with one attached hydrogen (secondary N) is 1. The van der Waals surface area contributed by atoms with Crippen molar-refractivity contribution in [3.05, 3.63) is 34.4 Å². The lowest BCUT2D eigenvalue weighted by Crippen LogP contribution is -2.39. The van der Waals surface area contributed by atoms with Crippen molar-refractivity contribution in [1.82, 2.24) is 10.2 Å². The van der Waals surface area contributed by atoms with Gasteiger partial charge in [-0.05, 0) is 88.2 Å². The highest BCUT2D eigenvalue weighted by atomic mass is 16.2. The number of likely N-dealkylation sites (tertiary alicyclic amines) is 1. The zero-order valence-electron chi connectivity index (χ0n) is 15.9. The molecule has 2 amide bonds. The Morgan fingerprint density at radius 2 is 1.64 bits per heavy atom. The van der Waals surface area contributed by atoms with Gasteiger partial charge in [-0.3, -0.25) is 14.9 Å². The molecule has 4 nitrogen and oxygen atoms in total. The van der Waals surface area contributed by atoms with E-state index in [2.05, 4.69) is 50.0 Å². The van der Waals surface area contributed by atoms with Gasteiger partial charge in [0.2, 0.25) is 11.8 Å². The van der Waals surface area contributed by atoms with Crippen LogP contribution in [-0.2, 0) is 9.59 Å². The van der Waals surface area contributed by atoms with Gasteiger partial charge in [0, 0.05) is 12.5 Å². The average molecular weight is 342 g/mol. The Morgan fingerprint density at radius 3 is 2.16 bits per heavy atom. The molecule has 25 heavy (non-hydrogen) atoms. The Hall–Kier alpha value is -1.68. The standard InChI is InChI=1S/C21H30N2O2/c1-13(2)23-9-7-16(8-10-23)20-14(3)11-17(12-15(20)4)18-5-6-19(24)22-21(18)25/h11-13,16,18H,5-10H2,1-4H3,(H,22,24,25). The average Bonchev–Trinajstić information content (AvgIpc) is 2.54. The smallest absolute Gasteiger partial charge is 0.234 e. The van der Waals surface area contributed by atoms with E-state index in [-0.39, 0.29) is 17.7 Å². The van der Waals surface area contributed by atoms with Gasteiger partial charge in [0.15, 0.2) is 0 Å². The van der Waals surface area contributed by atoms with Crippen LogP contribution in [0.2, 0.25) is 0 Å². The molecule has 2 fully saturated rings. The van der Waals surface area contributed by atoms with Crippen molar-refractivity contribution in [2.75, 3.05) is 13.1 Å². The number of aryl methyl sites for hydroxylation is 2. The number of hydrogen-bond donors (Lipinski definition) is 1. The van der Waals surface area contributed by atoms with Gasteiger partial charge in [-0.2, -0.15) is 0 Å². The van der Waals surface area contributed by atoms with Gasteiger partial charge in [-0.15, -0.1) is 0 Å². The van der Waals surface area contributed by atoms with Gasteiger partial charge >= 0.3 is 0 Å². The summed E-state index contributed by atoms with van der Waals surface area (Å²) in [5.74, 6) is 0.133. The second-order valence-electron chi connectivity index (χ2n) is 7.98. The van der Waals surface area contributed by atoms with Crippen LogP contribution < -0.4 is 5.32 Å². The molecule has 0 radical (unpaired) electrons. The molecule has 0 bridgehead atoms. The number of rotatable bonds is 3. The van der Waals surface area contributed by atoms with Crippen LogP contribution in [0.1, 0.15) is 73.6 Å². The first-order valence-corrected chi connectivity index (χ1v) is 9.55. The molecule has 1 atom stereocenters. The van der Waals surface area contributed by atoms with E-state index in [0.717, 1.165) is 18.7 Å². The van der Waals surface area contributed by atoms with Crippen LogP contribution in [0.3, 0.4) is 0 Å². The first-order valence-electron chi connectivity index (χ1n) is 9.55. The lowest BCUT2D eigenvalue weighted by Gasteiger charge is -2.36. The molecule has 4 heteroatoms. The second kappa shape index (κ2) is 7.28. The first kappa shape index (κ1) is 18.1. The number of carbonyl (C=O) groups is 2. The van der Waals surface area contributed by atoms with Crippen molar-refractivity contribution >= 4 is 11.8 Å². The van der Waals surface area contributed by atoms with Gasteiger partial charge in [-0.1, -0.05) is 12.1 Å². The number of imide groups is 1. The lowest BCUT2D eigenvalue weighted by molar-refractivity contribution is -0.134. The van der Waals surface area contributed by atoms with Gasteiger partial charge in [0.1, 0.15) is 0 Å². The number of nitrogens with zero attached hydrogens (tertiary/aromatic N) is 1. The molecule has 1 aromatic carbocycles. The molecule has 1 aromatic rings. The number of piperidine rings is 2. The highest BCUT2D eigenvalue weighted by Crippen LogP contribution is 2.36. The fourth-order valence-electron chi connectivity index (χ4n) is 4.57. The fourth-order valence-corrected chi connectivity index (χ4v) is 4.57. The van der Waals surface area contributed by atoms with E-state index < -0.39 is 0 Å². The molecule has 0 spiro atoms. The maximum atomic E-state index is 12.2. The molecule has 0 saturated carbocycles. The monoisotopic (exact) mass is 342 g/mol. The van der Waals surface area contributed by atoms with E-state index in [1.54, 1.807) is 0 Å². The van der Waals surface area contributed by atoms with E-state index in [0.29, 0.717) is 24.8 Å². The molecular formula is C21H30N2O2. The zero-order chi connectivity index (χ0) is 18.1. The highest BCUT2D eigenvalue weighted by Gasteiger charge is 2.30. The number of amides is 2. The minimum atomic E-state index is -0.188. The topological polar surface area (TPSA) is 49.4 Å². The van der Waals surface area contributed by atoms with Crippen molar-refractivity contribution < 1.29 is 9.59 Å². The van der Waals surface area contributed by atoms with E-state index in [4.69, 9.17) is 0 Å². The summed E-state index contributed by atoms with van der Waals surface area (Å²) in [7, 11) is 0.